The van der Waals surface area contributed by atoms with E-state index in [0.29, 0.717) is 17.9 Å². The van der Waals surface area contributed by atoms with Crippen LogP contribution in [-0.4, -0.2) is 37.8 Å². The summed E-state index contributed by atoms with van der Waals surface area (Å²) >= 11 is 0. The molecule has 1 amide bonds. The van der Waals surface area contributed by atoms with Gasteiger partial charge in [0.1, 0.15) is 0 Å². The van der Waals surface area contributed by atoms with Crippen molar-refractivity contribution in [3.05, 3.63) is 54.4 Å². The van der Waals surface area contributed by atoms with Crippen molar-refractivity contribution in [1.82, 2.24) is 4.98 Å². The zero-order valence-electron chi connectivity index (χ0n) is 13.0. The number of rotatable bonds is 5. The van der Waals surface area contributed by atoms with Gasteiger partial charge in [-0.05, 0) is 49.2 Å². The molecule has 24 heavy (non-hydrogen) atoms. The van der Waals surface area contributed by atoms with Gasteiger partial charge in [-0.2, -0.15) is 0 Å². The molecule has 0 saturated carbocycles. The molecule has 1 fully saturated rings. The van der Waals surface area contributed by atoms with Gasteiger partial charge in [-0.15, -0.1) is 0 Å². The molecule has 1 atom stereocenters. The van der Waals surface area contributed by atoms with E-state index in [-0.39, 0.29) is 22.7 Å². The summed E-state index contributed by atoms with van der Waals surface area (Å²) in [5, 5.41) is 2.71. The van der Waals surface area contributed by atoms with E-state index in [1.165, 1.54) is 18.3 Å². The molecule has 1 aliphatic rings. The first-order valence-corrected chi connectivity index (χ1v) is 9.36. The van der Waals surface area contributed by atoms with Gasteiger partial charge < -0.3 is 10.1 Å². The summed E-state index contributed by atoms with van der Waals surface area (Å²) in [6.07, 6.45) is 4.51. The SMILES string of the molecule is O=C(Nc1ccc(S(=O)(=O)C[C@@H]2CCCO2)cc1)c1cccnc1. The topological polar surface area (TPSA) is 85.4 Å². The molecule has 126 valence electrons. The fourth-order valence-corrected chi connectivity index (χ4v) is 4.06. The zero-order valence-corrected chi connectivity index (χ0v) is 13.8. The van der Waals surface area contributed by atoms with Gasteiger partial charge in [-0.3, -0.25) is 9.78 Å². The van der Waals surface area contributed by atoms with Crippen LogP contribution in [0.1, 0.15) is 23.2 Å². The van der Waals surface area contributed by atoms with Crippen molar-refractivity contribution >= 4 is 21.4 Å². The minimum atomic E-state index is -3.39. The van der Waals surface area contributed by atoms with Gasteiger partial charge >= 0.3 is 0 Å². The fraction of sp³-hybridized carbons (Fsp3) is 0.294. The first-order chi connectivity index (χ1) is 11.5. The molecule has 2 aromatic rings. The number of nitrogens with zero attached hydrogens (tertiary/aromatic N) is 1. The number of benzene rings is 1. The lowest BCUT2D eigenvalue weighted by atomic mass is 10.2. The third-order valence-electron chi connectivity index (χ3n) is 3.82. The fourth-order valence-electron chi connectivity index (χ4n) is 2.56. The molecule has 0 unspecified atom stereocenters. The Bertz CT molecular complexity index is 798. The molecule has 1 aromatic carbocycles. The summed E-state index contributed by atoms with van der Waals surface area (Å²) in [7, 11) is -3.39. The summed E-state index contributed by atoms with van der Waals surface area (Å²) in [5.41, 5.74) is 0.965. The van der Waals surface area contributed by atoms with Crippen molar-refractivity contribution in [2.75, 3.05) is 17.7 Å². The molecule has 0 spiro atoms. The maximum Gasteiger partial charge on any atom is 0.257 e. The minimum absolute atomic E-state index is 0.00556. The van der Waals surface area contributed by atoms with Crippen molar-refractivity contribution in [1.29, 1.82) is 0 Å². The van der Waals surface area contributed by atoms with Crippen LogP contribution < -0.4 is 5.32 Å². The first-order valence-electron chi connectivity index (χ1n) is 7.70. The van der Waals surface area contributed by atoms with E-state index in [0.717, 1.165) is 12.8 Å². The molecule has 1 N–H and O–H groups in total. The van der Waals surface area contributed by atoms with Crippen LogP contribution in [0.2, 0.25) is 0 Å². The highest BCUT2D eigenvalue weighted by atomic mass is 32.2. The van der Waals surface area contributed by atoms with E-state index in [1.807, 2.05) is 0 Å². The average Bonchev–Trinajstić information content (AvgIpc) is 3.08. The van der Waals surface area contributed by atoms with Crippen molar-refractivity contribution in [3.8, 4) is 0 Å². The number of carbonyl (C=O) groups is 1. The molecule has 1 aromatic heterocycles. The third-order valence-corrected chi connectivity index (χ3v) is 5.63. The number of sulfone groups is 1. The zero-order chi connectivity index (χ0) is 17.0. The highest BCUT2D eigenvalue weighted by Crippen LogP contribution is 2.20. The highest BCUT2D eigenvalue weighted by Gasteiger charge is 2.24. The molecule has 0 bridgehead atoms. The molecule has 0 aliphatic carbocycles. The molecule has 3 rings (SSSR count). The molecule has 7 heteroatoms. The molecule has 1 saturated heterocycles. The van der Waals surface area contributed by atoms with Crippen molar-refractivity contribution < 1.29 is 17.9 Å². The number of ether oxygens (including phenoxy) is 1. The number of aromatic nitrogens is 1. The van der Waals surface area contributed by atoms with Crippen molar-refractivity contribution in [3.63, 3.8) is 0 Å². The Balaban J connectivity index is 1.67. The van der Waals surface area contributed by atoms with Crippen LogP contribution in [0.5, 0.6) is 0 Å². The monoisotopic (exact) mass is 346 g/mol. The highest BCUT2D eigenvalue weighted by molar-refractivity contribution is 7.91. The molecular formula is C17H18N2O4S. The van der Waals surface area contributed by atoms with E-state index >= 15 is 0 Å². The minimum Gasteiger partial charge on any atom is -0.377 e. The second kappa shape index (κ2) is 7.11. The van der Waals surface area contributed by atoms with E-state index in [2.05, 4.69) is 10.3 Å². The third kappa shape index (κ3) is 3.98. The van der Waals surface area contributed by atoms with Crippen LogP contribution in [0.3, 0.4) is 0 Å². The van der Waals surface area contributed by atoms with Gasteiger partial charge in [0.2, 0.25) is 0 Å². The second-order valence-electron chi connectivity index (χ2n) is 5.64. The van der Waals surface area contributed by atoms with E-state index < -0.39 is 9.84 Å². The number of hydrogen-bond acceptors (Lipinski definition) is 5. The summed E-state index contributed by atoms with van der Waals surface area (Å²) in [6.45, 7) is 0.625. The van der Waals surface area contributed by atoms with Gasteiger partial charge in [0.05, 0.1) is 22.3 Å². The Morgan fingerprint density at radius 2 is 2.04 bits per heavy atom. The van der Waals surface area contributed by atoms with Crippen LogP contribution in [0.15, 0.2) is 53.7 Å². The molecule has 1 aliphatic heterocycles. The van der Waals surface area contributed by atoms with Crippen LogP contribution >= 0.6 is 0 Å². The number of carbonyl (C=O) groups excluding carboxylic acids is 1. The molecular weight excluding hydrogens is 328 g/mol. The number of anilines is 1. The molecule has 2 heterocycles. The lowest BCUT2D eigenvalue weighted by Crippen LogP contribution is -2.20. The predicted octanol–water partition coefficient (Wildman–Crippen LogP) is 2.29. The normalized spacial score (nSPS) is 17.6. The van der Waals surface area contributed by atoms with Crippen LogP contribution in [0.4, 0.5) is 5.69 Å². The summed E-state index contributed by atoms with van der Waals surface area (Å²) < 4.78 is 30.1. The maximum absolute atomic E-state index is 12.4. The lowest BCUT2D eigenvalue weighted by Gasteiger charge is -2.11. The summed E-state index contributed by atoms with van der Waals surface area (Å²) in [4.78, 5) is 16.2. The van der Waals surface area contributed by atoms with E-state index in [9.17, 15) is 13.2 Å². The van der Waals surface area contributed by atoms with Crippen molar-refractivity contribution in [2.45, 2.75) is 23.8 Å². The smallest absolute Gasteiger partial charge is 0.257 e. The number of hydrogen-bond donors (Lipinski definition) is 1. The van der Waals surface area contributed by atoms with E-state index in [4.69, 9.17) is 4.74 Å². The molecule has 0 radical (unpaired) electrons. The first kappa shape index (κ1) is 16.6. The summed E-state index contributed by atoms with van der Waals surface area (Å²) in [5.74, 6) is -0.299. The maximum atomic E-state index is 12.4. The van der Waals surface area contributed by atoms with Gasteiger partial charge in [0.25, 0.3) is 5.91 Å². The Hall–Kier alpha value is -2.25. The number of nitrogens with one attached hydrogen (secondary N) is 1. The van der Waals surface area contributed by atoms with Crippen molar-refractivity contribution in [2.24, 2.45) is 0 Å². The van der Waals surface area contributed by atoms with Gasteiger partial charge in [0.15, 0.2) is 9.84 Å². The number of amides is 1. The number of pyridine rings is 1. The Labute approximate surface area is 140 Å². The summed E-state index contributed by atoms with van der Waals surface area (Å²) in [6, 6.07) is 9.50. The Kier molecular flexibility index (Phi) is 4.92. The van der Waals surface area contributed by atoms with Crippen LogP contribution in [0, 0.1) is 0 Å². The Morgan fingerprint density at radius 1 is 1.25 bits per heavy atom. The quantitative estimate of drug-likeness (QED) is 0.898. The average molecular weight is 346 g/mol. The Morgan fingerprint density at radius 3 is 2.67 bits per heavy atom. The second-order valence-corrected chi connectivity index (χ2v) is 7.67. The van der Waals surface area contributed by atoms with Gasteiger partial charge in [-0.1, -0.05) is 0 Å². The van der Waals surface area contributed by atoms with Gasteiger partial charge in [0, 0.05) is 24.7 Å². The molecule has 6 nitrogen and oxygen atoms in total. The lowest BCUT2D eigenvalue weighted by molar-refractivity contribution is 0.102. The van der Waals surface area contributed by atoms with Crippen LogP contribution in [-0.2, 0) is 14.6 Å². The largest absolute Gasteiger partial charge is 0.377 e. The van der Waals surface area contributed by atoms with E-state index in [1.54, 1.807) is 30.5 Å². The van der Waals surface area contributed by atoms with Gasteiger partial charge in [-0.25, -0.2) is 8.42 Å². The standard InChI is InChI=1S/C17H18N2O4S/c20-17(13-3-1-9-18-11-13)19-14-5-7-16(8-6-14)24(21,22)12-15-4-2-10-23-15/h1,3,5-9,11,15H,2,4,10,12H2,(H,19,20)/t15-/m0/s1. The predicted molar refractivity (Wildman–Crippen MR) is 89.7 cm³/mol. The van der Waals surface area contributed by atoms with Crippen LogP contribution in [0.25, 0.3) is 0 Å².